The molecule has 160 valence electrons. The zero-order chi connectivity index (χ0) is 22.6. The van der Waals surface area contributed by atoms with Gasteiger partial charge in [-0.1, -0.05) is 60.1 Å². The van der Waals surface area contributed by atoms with Gasteiger partial charge >= 0.3 is 6.09 Å². The number of ketones is 1. The molecule has 0 unspecified atom stereocenters. The van der Waals surface area contributed by atoms with E-state index in [0.29, 0.717) is 23.9 Å². The SMILES string of the molecule is [B]c1ccc(C(=O)CNC(=O)[C@@H]2CC[C@H](c3ccccc3)N2C(=O)OC(C)(C)C)cc1. The van der Waals surface area contributed by atoms with Crippen molar-refractivity contribution < 1.29 is 19.1 Å². The minimum absolute atomic E-state index is 0.155. The van der Waals surface area contributed by atoms with E-state index >= 15 is 0 Å². The van der Waals surface area contributed by atoms with Gasteiger partial charge in [-0.15, -0.1) is 0 Å². The Balaban J connectivity index is 1.74. The fourth-order valence-corrected chi connectivity index (χ4v) is 3.70. The Kier molecular flexibility index (Phi) is 6.83. The summed E-state index contributed by atoms with van der Waals surface area (Å²) in [4.78, 5) is 39.9. The average Bonchev–Trinajstić information content (AvgIpc) is 3.17. The molecule has 7 heteroatoms. The van der Waals surface area contributed by atoms with Crippen LogP contribution in [0.1, 0.15) is 55.6 Å². The van der Waals surface area contributed by atoms with E-state index in [9.17, 15) is 14.4 Å². The monoisotopic (exact) mass is 418 g/mol. The molecule has 0 bridgehead atoms. The summed E-state index contributed by atoms with van der Waals surface area (Å²) in [5.74, 6) is -0.595. The van der Waals surface area contributed by atoms with Crippen molar-refractivity contribution in [2.24, 2.45) is 0 Å². The van der Waals surface area contributed by atoms with Crippen molar-refractivity contribution in [2.75, 3.05) is 6.54 Å². The van der Waals surface area contributed by atoms with Gasteiger partial charge in [0.05, 0.1) is 12.6 Å². The second kappa shape index (κ2) is 9.37. The molecular weight excluding hydrogens is 391 g/mol. The lowest BCUT2D eigenvalue weighted by molar-refractivity contribution is -0.125. The first kappa shape index (κ1) is 22.6. The Hall–Kier alpha value is -3.09. The van der Waals surface area contributed by atoms with Crippen LogP contribution in [0.15, 0.2) is 54.6 Å². The third-order valence-electron chi connectivity index (χ3n) is 5.13. The van der Waals surface area contributed by atoms with Crippen molar-refractivity contribution in [3.8, 4) is 0 Å². The lowest BCUT2D eigenvalue weighted by Crippen LogP contribution is -2.49. The van der Waals surface area contributed by atoms with Gasteiger partial charge < -0.3 is 10.1 Å². The van der Waals surface area contributed by atoms with E-state index in [1.165, 1.54) is 4.90 Å². The van der Waals surface area contributed by atoms with E-state index in [1.807, 2.05) is 30.3 Å². The Labute approximate surface area is 184 Å². The van der Waals surface area contributed by atoms with Crippen LogP contribution in [0.2, 0.25) is 0 Å². The van der Waals surface area contributed by atoms with Gasteiger partial charge in [0.25, 0.3) is 0 Å². The summed E-state index contributed by atoms with van der Waals surface area (Å²) in [6, 6.07) is 15.1. The predicted molar refractivity (Wildman–Crippen MR) is 119 cm³/mol. The summed E-state index contributed by atoms with van der Waals surface area (Å²) in [7, 11) is 5.65. The van der Waals surface area contributed by atoms with Gasteiger partial charge in [-0.2, -0.15) is 0 Å². The second-order valence-corrected chi connectivity index (χ2v) is 8.67. The molecular formula is C24H27BN2O4. The van der Waals surface area contributed by atoms with E-state index in [2.05, 4.69) is 5.32 Å². The number of nitrogens with one attached hydrogen (secondary N) is 1. The summed E-state index contributed by atoms with van der Waals surface area (Å²) >= 11 is 0. The highest BCUT2D eigenvalue weighted by molar-refractivity contribution is 6.32. The van der Waals surface area contributed by atoms with Crippen molar-refractivity contribution >= 4 is 31.1 Å². The van der Waals surface area contributed by atoms with Crippen molar-refractivity contribution in [3.05, 3.63) is 65.7 Å². The summed E-state index contributed by atoms with van der Waals surface area (Å²) in [6.45, 7) is 5.22. The normalized spacial score (nSPS) is 18.5. The van der Waals surface area contributed by atoms with E-state index in [4.69, 9.17) is 12.6 Å². The standard InChI is InChI=1S/C24H27BN2O4/c1-24(2,3)31-23(30)27-19(16-7-5-4-6-8-16)13-14-20(27)22(29)26-15-21(28)17-9-11-18(25)12-10-17/h4-12,19-20H,13-15H2,1-3H3,(H,26,29)/t19-,20+/m1/s1. The molecule has 2 radical (unpaired) electrons. The molecule has 0 saturated carbocycles. The van der Waals surface area contributed by atoms with Crippen LogP contribution in [0.3, 0.4) is 0 Å². The average molecular weight is 418 g/mol. The minimum Gasteiger partial charge on any atom is -0.444 e. The second-order valence-electron chi connectivity index (χ2n) is 8.67. The van der Waals surface area contributed by atoms with Crippen molar-refractivity contribution in [1.82, 2.24) is 10.2 Å². The molecule has 0 aromatic heterocycles. The van der Waals surface area contributed by atoms with Crippen LogP contribution in [0.4, 0.5) is 4.79 Å². The number of carbonyl (C=O) groups is 3. The smallest absolute Gasteiger partial charge is 0.411 e. The molecule has 3 rings (SSSR count). The molecule has 0 aliphatic carbocycles. The highest BCUT2D eigenvalue weighted by Gasteiger charge is 2.43. The number of hydrogen-bond donors (Lipinski definition) is 1. The van der Waals surface area contributed by atoms with Crippen LogP contribution in [-0.2, 0) is 9.53 Å². The molecule has 1 heterocycles. The fourth-order valence-electron chi connectivity index (χ4n) is 3.70. The topological polar surface area (TPSA) is 75.7 Å². The quantitative estimate of drug-likeness (QED) is 0.599. The Morgan fingerprint density at radius 1 is 1.03 bits per heavy atom. The third-order valence-corrected chi connectivity index (χ3v) is 5.13. The highest BCUT2D eigenvalue weighted by Crippen LogP contribution is 2.37. The fraction of sp³-hybridized carbons (Fsp3) is 0.375. The Morgan fingerprint density at radius 3 is 2.29 bits per heavy atom. The molecule has 2 aromatic rings. The molecule has 2 atom stereocenters. The van der Waals surface area contributed by atoms with Crippen molar-refractivity contribution in [2.45, 2.75) is 51.3 Å². The van der Waals surface area contributed by atoms with Crippen LogP contribution >= 0.6 is 0 Å². The molecule has 1 fully saturated rings. The number of ether oxygens (including phenoxy) is 1. The zero-order valence-electron chi connectivity index (χ0n) is 18.1. The van der Waals surface area contributed by atoms with Gasteiger partial charge in [-0.05, 0) is 39.2 Å². The van der Waals surface area contributed by atoms with Crippen LogP contribution in [0.25, 0.3) is 0 Å². The summed E-state index contributed by atoms with van der Waals surface area (Å²) in [5, 5.41) is 2.69. The van der Waals surface area contributed by atoms with Crippen LogP contribution < -0.4 is 10.8 Å². The molecule has 1 aliphatic rings. The lowest BCUT2D eigenvalue weighted by atomic mass is 9.94. The van der Waals surface area contributed by atoms with Gasteiger partial charge in [0.2, 0.25) is 5.91 Å². The Bertz CT molecular complexity index is 938. The number of Topliss-reactive ketones (excluding diaryl/α,β-unsaturated/α-hetero) is 1. The minimum atomic E-state index is -0.709. The maximum Gasteiger partial charge on any atom is 0.411 e. The molecule has 0 spiro atoms. The number of benzene rings is 2. The summed E-state index contributed by atoms with van der Waals surface area (Å²) in [6.07, 6.45) is 0.581. The Morgan fingerprint density at radius 2 is 1.68 bits per heavy atom. The van der Waals surface area contributed by atoms with Crippen LogP contribution in [0, 0.1) is 0 Å². The number of amides is 2. The zero-order valence-corrected chi connectivity index (χ0v) is 18.1. The van der Waals surface area contributed by atoms with Crippen molar-refractivity contribution in [3.63, 3.8) is 0 Å². The molecule has 6 nitrogen and oxygen atoms in total. The predicted octanol–water partition coefficient (Wildman–Crippen LogP) is 2.92. The van der Waals surface area contributed by atoms with Crippen LogP contribution in [-0.4, -0.2) is 48.7 Å². The summed E-state index contributed by atoms with van der Waals surface area (Å²) < 4.78 is 5.59. The van der Waals surface area contributed by atoms with Gasteiger partial charge in [0, 0.05) is 5.56 Å². The number of hydrogen-bond acceptors (Lipinski definition) is 4. The van der Waals surface area contributed by atoms with E-state index in [1.54, 1.807) is 45.0 Å². The largest absolute Gasteiger partial charge is 0.444 e. The van der Waals surface area contributed by atoms with E-state index in [0.717, 1.165) is 5.56 Å². The van der Waals surface area contributed by atoms with E-state index in [-0.39, 0.29) is 24.3 Å². The van der Waals surface area contributed by atoms with Crippen molar-refractivity contribution in [1.29, 1.82) is 0 Å². The molecule has 1 aliphatic heterocycles. The first-order valence-corrected chi connectivity index (χ1v) is 10.4. The van der Waals surface area contributed by atoms with Gasteiger partial charge in [0.1, 0.15) is 19.5 Å². The molecule has 31 heavy (non-hydrogen) atoms. The first-order valence-electron chi connectivity index (χ1n) is 10.4. The highest BCUT2D eigenvalue weighted by atomic mass is 16.6. The number of rotatable bonds is 5. The molecule has 2 amide bonds. The van der Waals surface area contributed by atoms with Crippen LogP contribution in [0.5, 0.6) is 0 Å². The van der Waals surface area contributed by atoms with Gasteiger partial charge in [0.15, 0.2) is 5.78 Å². The maximum atomic E-state index is 13.0. The molecule has 2 aromatic carbocycles. The third kappa shape index (κ3) is 5.75. The van der Waals surface area contributed by atoms with Gasteiger partial charge in [-0.3, -0.25) is 14.5 Å². The molecule has 1 N–H and O–H groups in total. The molecule has 1 saturated heterocycles. The number of likely N-dealkylation sites (tertiary alicyclic amines) is 1. The first-order chi connectivity index (χ1) is 14.7. The number of nitrogens with zero attached hydrogens (tertiary/aromatic N) is 1. The lowest BCUT2D eigenvalue weighted by Gasteiger charge is -2.32. The summed E-state index contributed by atoms with van der Waals surface area (Å²) in [5.41, 5.74) is 1.28. The maximum absolute atomic E-state index is 13.0. The van der Waals surface area contributed by atoms with E-state index < -0.39 is 17.7 Å². The number of carbonyl (C=O) groups excluding carboxylic acids is 3. The van der Waals surface area contributed by atoms with Gasteiger partial charge in [-0.25, -0.2) is 4.79 Å².